The van der Waals surface area contributed by atoms with Crippen molar-refractivity contribution in [2.24, 2.45) is 10.6 Å². The van der Waals surface area contributed by atoms with Crippen molar-refractivity contribution in [2.75, 3.05) is 0 Å². The lowest BCUT2D eigenvalue weighted by atomic mass is 10.00. The molecule has 0 aliphatic heterocycles. The van der Waals surface area contributed by atoms with Crippen molar-refractivity contribution in [3.63, 3.8) is 0 Å². The molecule has 16 heavy (non-hydrogen) atoms. The van der Waals surface area contributed by atoms with E-state index < -0.39 is 0 Å². The number of hydrogen-bond donors (Lipinski definition) is 0. The number of nitrogens with zero attached hydrogens (tertiary/aromatic N) is 2. The van der Waals surface area contributed by atoms with E-state index in [1.165, 1.54) is 0 Å². The molecule has 0 spiro atoms. The van der Waals surface area contributed by atoms with Gasteiger partial charge in [0.1, 0.15) is 6.61 Å². The second-order valence-electron chi connectivity index (χ2n) is 4.64. The van der Waals surface area contributed by atoms with Gasteiger partial charge in [0.05, 0.1) is 11.6 Å². The summed E-state index contributed by atoms with van der Waals surface area (Å²) < 4.78 is 0. The van der Waals surface area contributed by atoms with E-state index in [0.717, 1.165) is 5.56 Å². The molecule has 3 heteroatoms. The predicted octanol–water partition coefficient (Wildman–Crippen LogP) is 3.11. The third kappa shape index (κ3) is 4.14. The van der Waals surface area contributed by atoms with Crippen molar-refractivity contribution in [2.45, 2.75) is 27.4 Å². The maximum absolute atomic E-state index is 8.86. The Kier molecular flexibility index (Phi) is 4.07. The van der Waals surface area contributed by atoms with Crippen molar-refractivity contribution >= 4 is 6.21 Å². The summed E-state index contributed by atoms with van der Waals surface area (Å²) in [5, 5.41) is 12.7. The van der Waals surface area contributed by atoms with Crippen LogP contribution in [0.5, 0.6) is 0 Å². The van der Waals surface area contributed by atoms with Gasteiger partial charge in [-0.3, -0.25) is 0 Å². The first-order valence-corrected chi connectivity index (χ1v) is 5.17. The van der Waals surface area contributed by atoms with Crippen LogP contribution in [0.2, 0.25) is 0 Å². The first-order valence-electron chi connectivity index (χ1n) is 5.17. The van der Waals surface area contributed by atoms with E-state index in [-0.39, 0.29) is 5.41 Å². The summed E-state index contributed by atoms with van der Waals surface area (Å²) >= 11 is 0. The summed E-state index contributed by atoms with van der Waals surface area (Å²) in [6.45, 7) is 6.46. The molecule has 0 radical (unpaired) electrons. The van der Waals surface area contributed by atoms with Crippen LogP contribution in [0.15, 0.2) is 29.4 Å². The van der Waals surface area contributed by atoms with Gasteiger partial charge in [0.15, 0.2) is 0 Å². The van der Waals surface area contributed by atoms with E-state index >= 15 is 0 Å². The van der Waals surface area contributed by atoms with Gasteiger partial charge in [-0.05, 0) is 6.07 Å². The smallest absolute Gasteiger partial charge is 0.143 e. The van der Waals surface area contributed by atoms with E-state index in [0.29, 0.717) is 12.2 Å². The molecule has 1 rings (SSSR count). The van der Waals surface area contributed by atoms with Crippen LogP contribution in [-0.2, 0) is 11.4 Å². The highest BCUT2D eigenvalue weighted by Crippen LogP contribution is 2.11. The summed E-state index contributed by atoms with van der Waals surface area (Å²) in [6.07, 6.45) is 1.75. The minimum atomic E-state index is 0.00868. The van der Waals surface area contributed by atoms with Crippen molar-refractivity contribution < 1.29 is 4.84 Å². The molecule has 0 unspecified atom stereocenters. The van der Waals surface area contributed by atoms with Crippen LogP contribution in [0.4, 0.5) is 0 Å². The highest BCUT2D eigenvalue weighted by atomic mass is 16.6. The van der Waals surface area contributed by atoms with Gasteiger partial charge < -0.3 is 4.84 Å². The molecule has 0 fully saturated rings. The second kappa shape index (κ2) is 5.32. The number of rotatable bonds is 3. The minimum Gasteiger partial charge on any atom is -0.391 e. The van der Waals surface area contributed by atoms with Crippen molar-refractivity contribution in [1.29, 1.82) is 5.26 Å². The topological polar surface area (TPSA) is 45.4 Å². The van der Waals surface area contributed by atoms with E-state index in [4.69, 9.17) is 10.1 Å². The van der Waals surface area contributed by atoms with Crippen LogP contribution >= 0.6 is 0 Å². The molecular formula is C13H16N2O. The van der Waals surface area contributed by atoms with Gasteiger partial charge in [0, 0.05) is 17.2 Å². The molecule has 1 aromatic carbocycles. The zero-order valence-corrected chi connectivity index (χ0v) is 9.90. The lowest BCUT2D eigenvalue weighted by Gasteiger charge is -2.09. The number of nitriles is 1. The fraction of sp³-hybridized carbons (Fsp3) is 0.385. The van der Waals surface area contributed by atoms with Crippen LogP contribution in [0.25, 0.3) is 0 Å². The molecule has 84 valence electrons. The van der Waals surface area contributed by atoms with Crippen LogP contribution in [0.3, 0.4) is 0 Å². The zero-order chi connectivity index (χ0) is 12.0. The Morgan fingerprint density at radius 1 is 1.38 bits per heavy atom. The SMILES string of the molecule is CC(C)(C)C=NOCc1ccccc1C#N. The quantitative estimate of drug-likeness (QED) is 0.575. The molecule has 0 aliphatic carbocycles. The first kappa shape index (κ1) is 12.3. The zero-order valence-electron chi connectivity index (χ0n) is 9.90. The average Bonchev–Trinajstić information content (AvgIpc) is 2.23. The van der Waals surface area contributed by atoms with E-state index in [1.54, 1.807) is 12.3 Å². The van der Waals surface area contributed by atoms with Gasteiger partial charge >= 0.3 is 0 Å². The summed E-state index contributed by atoms with van der Waals surface area (Å²) in [4.78, 5) is 5.16. The van der Waals surface area contributed by atoms with Crippen LogP contribution < -0.4 is 0 Å². The molecule has 0 bridgehead atoms. The molecule has 3 nitrogen and oxygen atoms in total. The van der Waals surface area contributed by atoms with Gasteiger partial charge in [0.25, 0.3) is 0 Å². The van der Waals surface area contributed by atoms with Gasteiger partial charge in [-0.2, -0.15) is 5.26 Å². The Bertz CT molecular complexity index is 411. The second-order valence-corrected chi connectivity index (χ2v) is 4.64. The number of benzene rings is 1. The summed E-state index contributed by atoms with van der Waals surface area (Å²) in [6, 6.07) is 9.47. The fourth-order valence-corrected chi connectivity index (χ4v) is 1.06. The van der Waals surface area contributed by atoms with Gasteiger partial charge in [0.2, 0.25) is 0 Å². The highest BCUT2D eigenvalue weighted by molar-refractivity contribution is 5.63. The Balaban J connectivity index is 2.56. The highest BCUT2D eigenvalue weighted by Gasteiger charge is 2.05. The van der Waals surface area contributed by atoms with E-state index in [2.05, 4.69) is 11.2 Å². The maximum atomic E-state index is 8.86. The molecule has 0 N–H and O–H groups in total. The van der Waals surface area contributed by atoms with Gasteiger partial charge in [-0.25, -0.2) is 0 Å². The Morgan fingerprint density at radius 3 is 2.69 bits per heavy atom. The molecule has 0 aliphatic rings. The normalized spacial score (nSPS) is 11.4. The van der Waals surface area contributed by atoms with E-state index in [9.17, 15) is 0 Å². The van der Waals surface area contributed by atoms with Crippen LogP contribution in [0.1, 0.15) is 31.9 Å². The van der Waals surface area contributed by atoms with Crippen molar-refractivity contribution in [3.8, 4) is 6.07 Å². The van der Waals surface area contributed by atoms with Gasteiger partial charge in [-0.15, -0.1) is 0 Å². The number of hydrogen-bond acceptors (Lipinski definition) is 3. The lowest BCUT2D eigenvalue weighted by Crippen LogP contribution is -2.06. The standard InChI is InChI=1S/C13H16N2O/c1-13(2,3)10-15-16-9-12-7-5-4-6-11(12)8-14/h4-7,10H,9H2,1-3H3. The monoisotopic (exact) mass is 216 g/mol. The summed E-state index contributed by atoms with van der Waals surface area (Å²) in [5.41, 5.74) is 1.50. The van der Waals surface area contributed by atoms with E-state index in [1.807, 2.05) is 39.0 Å². The fourth-order valence-electron chi connectivity index (χ4n) is 1.06. The maximum Gasteiger partial charge on any atom is 0.143 e. The molecule has 0 saturated heterocycles. The third-order valence-electron chi connectivity index (χ3n) is 1.87. The molecular weight excluding hydrogens is 200 g/mol. The minimum absolute atomic E-state index is 0.00868. The van der Waals surface area contributed by atoms with Crippen molar-refractivity contribution in [1.82, 2.24) is 0 Å². The first-order chi connectivity index (χ1) is 7.53. The molecule has 0 atom stereocenters. The largest absolute Gasteiger partial charge is 0.391 e. The molecule has 0 saturated carbocycles. The molecule has 0 amide bonds. The Hall–Kier alpha value is -1.82. The van der Waals surface area contributed by atoms with Crippen LogP contribution in [-0.4, -0.2) is 6.21 Å². The number of oxime groups is 1. The molecule has 0 heterocycles. The average molecular weight is 216 g/mol. The molecule has 1 aromatic rings. The van der Waals surface area contributed by atoms with Crippen LogP contribution in [0, 0.1) is 16.7 Å². The molecule has 0 aromatic heterocycles. The third-order valence-corrected chi connectivity index (χ3v) is 1.87. The Labute approximate surface area is 96.3 Å². The van der Waals surface area contributed by atoms with Gasteiger partial charge in [-0.1, -0.05) is 44.1 Å². The Morgan fingerprint density at radius 2 is 2.06 bits per heavy atom. The predicted molar refractivity (Wildman–Crippen MR) is 63.9 cm³/mol. The summed E-state index contributed by atoms with van der Waals surface area (Å²) in [5.74, 6) is 0. The summed E-state index contributed by atoms with van der Waals surface area (Å²) in [7, 11) is 0. The van der Waals surface area contributed by atoms with Crippen molar-refractivity contribution in [3.05, 3.63) is 35.4 Å². The lowest BCUT2D eigenvalue weighted by molar-refractivity contribution is 0.129.